The van der Waals surface area contributed by atoms with Crippen LogP contribution in [-0.4, -0.2) is 60.0 Å². The number of amides is 1. The molecule has 0 spiro atoms. The van der Waals surface area contributed by atoms with Crippen molar-refractivity contribution in [1.82, 2.24) is 4.90 Å². The molecule has 5 nitrogen and oxygen atoms in total. The number of aliphatic hydroxyl groups excluding tert-OH is 2. The summed E-state index contributed by atoms with van der Waals surface area (Å²) in [5, 5.41) is 17.5. The summed E-state index contributed by atoms with van der Waals surface area (Å²) < 4.78 is 5.00. The van der Waals surface area contributed by atoms with Gasteiger partial charge in [-0.3, -0.25) is 4.79 Å². The number of β-amino-alcohol motifs (C(OH)–C–C–N with tert-alkyl or cyclic N) is 1. The first-order valence-electron chi connectivity index (χ1n) is 4.38. The number of carbonyl (C=O) groups is 1. The van der Waals surface area contributed by atoms with Gasteiger partial charge in [0.1, 0.15) is 0 Å². The molecule has 0 aliphatic carbocycles. The molecule has 5 heteroatoms. The van der Waals surface area contributed by atoms with Crippen molar-refractivity contribution >= 4 is 5.91 Å². The highest BCUT2D eigenvalue weighted by Crippen LogP contribution is 2.09. The average molecular weight is 189 g/mol. The lowest BCUT2D eigenvalue weighted by Crippen LogP contribution is -2.29. The van der Waals surface area contributed by atoms with Gasteiger partial charge in [0.2, 0.25) is 5.91 Å². The second kappa shape index (κ2) is 5.16. The molecular weight excluding hydrogens is 174 g/mol. The molecule has 0 saturated carbocycles. The second-order valence-electron chi connectivity index (χ2n) is 3.03. The van der Waals surface area contributed by atoms with Gasteiger partial charge in [0, 0.05) is 13.1 Å². The van der Waals surface area contributed by atoms with E-state index >= 15 is 0 Å². The molecule has 1 unspecified atom stereocenters. The van der Waals surface area contributed by atoms with E-state index in [-0.39, 0.29) is 18.9 Å². The van der Waals surface area contributed by atoms with Crippen LogP contribution < -0.4 is 0 Å². The number of hydrogen-bond acceptors (Lipinski definition) is 4. The lowest BCUT2D eigenvalue weighted by molar-refractivity contribution is -0.128. The van der Waals surface area contributed by atoms with Gasteiger partial charge in [0.25, 0.3) is 0 Å². The molecule has 0 bridgehead atoms. The molecule has 0 aromatic carbocycles. The van der Waals surface area contributed by atoms with Crippen LogP contribution in [0.2, 0.25) is 0 Å². The van der Waals surface area contributed by atoms with Gasteiger partial charge in [-0.1, -0.05) is 0 Å². The quantitative estimate of drug-likeness (QED) is 0.521. The van der Waals surface area contributed by atoms with E-state index in [1.807, 2.05) is 0 Å². The standard InChI is InChI=1S/C8H15NO4/c10-2-4-13-3-1-9-6-7(11)5-8(9)12/h7,10-11H,1-6H2. The molecule has 76 valence electrons. The van der Waals surface area contributed by atoms with Crippen molar-refractivity contribution in [2.75, 3.05) is 32.9 Å². The maximum Gasteiger partial charge on any atom is 0.225 e. The highest BCUT2D eigenvalue weighted by Gasteiger charge is 2.27. The molecule has 1 aliphatic rings. The number of rotatable bonds is 5. The fourth-order valence-corrected chi connectivity index (χ4v) is 1.31. The Morgan fingerprint density at radius 1 is 1.54 bits per heavy atom. The van der Waals surface area contributed by atoms with Crippen LogP contribution in [0.3, 0.4) is 0 Å². The minimum Gasteiger partial charge on any atom is -0.394 e. The Morgan fingerprint density at radius 3 is 2.85 bits per heavy atom. The molecule has 0 radical (unpaired) electrons. The Balaban J connectivity index is 2.11. The zero-order valence-corrected chi connectivity index (χ0v) is 7.48. The maximum absolute atomic E-state index is 11.1. The Labute approximate surface area is 76.9 Å². The van der Waals surface area contributed by atoms with E-state index in [1.165, 1.54) is 0 Å². The zero-order valence-electron chi connectivity index (χ0n) is 7.48. The summed E-state index contributed by atoms with van der Waals surface area (Å²) in [6.45, 7) is 1.61. The fraction of sp³-hybridized carbons (Fsp3) is 0.875. The minimum atomic E-state index is -0.523. The number of ether oxygens (including phenoxy) is 1. The van der Waals surface area contributed by atoms with E-state index < -0.39 is 6.10 Å². The fourth-order valence-electron chi connectivity index (χ4n) is 1.31. The van der Waals surface area contributed by atoms with Gasteiger partial charge in [0.05, 0.1) is 32.3 Å². The summed E-state index contributed by atoms with van der Waals surface area (Å²) in [6.07, 6.45) is -0.301. The van der Waals surface area contributed by atoms with Gasteiger partial charge in [-0.05, 0) is 0 Å². The number of likely N-dealkylation sites (tertiary alicyclic amines) is 1. The molecule has 1 amide bonds. The van der Waals surface area contributed by atoms with Crippen molar-refractivity contribution in [2.24, 2.45) is 0 Å². The highest BCUT2D eigenvalue weighted by molar-refractivity contribution is 5.78. The van der Waals surface area contributed by atoms with E-state index in [9.17, 15) is 4.79 Å². The normalized spacial score (nSPS) is 22.8. The number of carbonyl (C=O) groups excluding carboxylic acids is 1. The Bertz CT molecular complexity index is 174. The molecule has 1 fully saturated rings. The van der Waals surface area contributed by atoms with E-state index in [4.69, 9.17) is 14.9 Å². The third-order valence-electron chi connectivity index (χ3n) is 1.94. The zero-order chi connectivity index (χ0) is 9.68. The SMILES string of the molecule is O=C1CC(O)CN1CCOCCO. The summed E-state index contributed by atoms with van der Waals surface area (Å²) >= 11 is 0. The number of nitrogens with zero attached hydrogens (tertiary/aromatic N) is 1. The highest BCUT2D eigenvalue weighted by atomic mass is 16.5. The van der Waals surface area contributed by atoms with Crippen LogP contribution in [0.5, 0.6) is 0 Å². The lowest BCUT2D eigenvalue weighted by atomic mass is 10.3. The van der Waals surface area contributed by atoms with Gasteiger partial charge in [-0.15, -0.1) is 0 Å². The van der Waals surface area contributed by atoms with Crippen molar-refractivity contribution in [3.63, 3.8) is 0 Å². The van der Waals surface area contributed by atoms with E-state index in [1.54, 1.807) is 4.90 Å². The van der Waals surface area contributed by atoms with Crippen LogP contribution in [0.15, 0.2) is 0 Å². The van der Waals surface area contributed by atoms with Crippen LogP contribution in [0, 0.1) is 0 Å². The Morgan fingerprint density at radius 2 is 2.31 bits per heavy atom. The first-order chi connectivity index (χ1) is 6.24. The molecule has 13 heavy (non-hydrogen) atoms. The molecule has 1 aliphatic heterocycles. The summed E-state index contributed by atoms with van der Waals surface area (Å²) in [6, 6.07) is 0. The Kier molecular flexibility index (Phi) is 4.14. The summed E-state index contributed by atoms with van der Waals surface area (Å²) in [7, 11) is 0. The monoisotopic (exact) mass is 189 g/mol. The molecule has 1 rings (SSSR count). The van der Waals surface area contributed by atoms with Crippen LogP contribution >= 0.6 is 0 Å². The molecule has 2 N–H and O–H groups in total. The first kappa shape index (κ1) is 10.4. The van der Waals surface area contributed by atoms with Crippen molar-refractivity contribution < 1.29 is 19.7 Å². The lowest BCUT2D eigenvalue weighted by Gasteiger charge is -2.14. The second-order valence-corrected chi connectivity index (χ2v) is 3.03. The van der Waals surface area contributed by atoms with Gasteiger partial charge >= 0.3 is 0 Å². The number of aliphatic hydroxyl groups is 2. The topological polar surface area (TPSA) is 70.0 Å². The first-order valence-corrected chi connectivity index (χ1v) is 4.38. The van der Waals surface area contributed by atoms with Gasteiger partial charge < -0.3 is 19.8 Å². The maximum atomic E-state index is 11.1. The Hall–Kier alpha value is -0.650. The third-order valence-corrected chi connectivity index (χ3v) is 1.94. The van der Waals surface area contributed by atoms with Crippen LogP contribution in [-0.2, 0) is 9.53 Å². The van der Waals surface area contributed by atoms with Crippen molar-refractivity contribution in [3.05, 3.63) is 0 Å². The molecule has 0 aromatic rings. The summed E-state index contributed by atoms with van der Waals surface area (Å²) in [4.78, 5) is 12.7. The molecule has 1 heterocycles. The van der Waals surface area contributed by atoms with Gasteiger partial charge in [-0.25, -0.2) is 0 Å². The van der Waals surface area contributed by atoms with E-state index in [0.29, 0.717) is 26.3 Å². The smallest absolute Gasteiger partial charge is 0.225 e. The molecular formula is C8H15NO4. The van der Waals surface area contributed by atoms with Crippen molar-refractivity contribution in [1.29, 1.82) is 0 Å². The van der Waals surface area contributed by atoms with Crippen molar-refractivity contribution in [3.8, 4) is 0 Å². The molecule has 1 atom stereocenters. The third kappa shape index (κ3) is 3.30. The molecule has 0 aromatic heterocycles. The van der Waals surface area contributed by atoms with Crippen molar-refractivity contribution in [2.45, 2.75) is 12.5 Å². The predicted octanol–water partition coefficient (Wildman–Crippen LogP) is -1.41. The van der Waals surface area contributed by atoms with E-state index in [0.717, 1.165) is 0 Å². The number of hydrogen-bond donors (Lipinski definition) is 2. The largest absolute Gasteiger partial charge is 0.394 e. The minimum absolute atomic E-state index is 0.00340. The summed E-state index contributed by atoms with van der Waals surface area (Å²) in [5.41, 5.74) is 0. The van der Waals surface area contributed by atoms with E-state index in [2.05, 4.69) is 0 Å². The van der Waals surface area contributed by atoms with Gasteiger partial charge in [-0.2, -0.15) is 0 Å². The predicted molar refractivity (Wildman–Crippen MR) is 45.1 cm³/mol. The van der Waals surface area contributed by atoms with Crippen LogP contribution in [0.25, 0.3) is 0 Å². The van der Waals surface area contributed by atoms with Crippen LogP contribution in [0.1, 0.15) is 6.42 Å². The average Bonchev–Trinajstić information content (AvgIpc) is 2.39. The molecule has 1 saturated heterocycles. The van der Waals surface area contributed by atoms with Crippen LogP contribution in [0.4, 0.5) is 0 Å². The summed E-state index contributed by atoms with van der Waals surface area (Å²) in [5.74, 6) is -0.0277. The van der Waals surface area contributed by atoms with Gasteiger partial charge in [0.15, 0.2) is 0 Å².